The number of hydrogen-bond acceptors (Lipinski definition) is 0. The van der Waals surface area contributed by atoms with Crippen LogP contribution in [0.5, 0.6) is 0 Å². The van der Waals surface area contributed by atoms with Crippen molar-refractivity contribution in [3.63, 3.8) is 0 Å². The Morgan fingerprint density at radius 3 is 1.75 bits per heavy atom. The van der Waals surface area contributed by atoms with Gasteiger partial charge in [-0.2, -0.15) is 0 Å². The molecule has 1 aromatic rings. The fourth-order valence-electron chi connectivity index (χ4n) is 3.27. The summed E-state index contributed by atoms with van der Waals surface area (Å²) in [5.74, 6) is 0.545. The van der Waals surface area contributed by atoms with Crippen molar-refractivity contribution in [3.8, 4) is 0 Å². The average molecular weight is 329 g/mol. The molecule has 0 saturated heterocycles. The molecule has 0 radical (unpaired) electrons. The van der Waals surface area contributed by atoms with Gasteiger partial charge in [-0.05, 0) is 24.3 Å². The third-order valence-corrected chi connectivity index (χ3v) is 4.97. The minimum absolute atomic E-state index is 0.545. The van der Waals surface area contributed by atoms with E-state index in [1.807, 2.05) is 0 Å². The van der Waals surface area contributed by atoms with E-state index in [1.54, 1.807) is 0 Å². The molecule has 0 fully saturated rings. The summed E-state index contributed by atoms with van der Waals surface area (Å²) >= 11 is 0. The molecule has 0 aliphatic heterocycles. The maximum absolute atomic E-state index is 2.38. The lowest BCUT2D eigenvalue weighted by Crippen LogP contribution is -1.87. The van der Waals surface area contributed by atoms with Crippen LogP contribution in [0, 0.1) is 0 Å². The van der Waals surface area contributed by atoms with E-state index in [0.29, 0.717) is 5.92 Å². The molecule has 0 aliphatic carbocycles. The van der Waals surface area contributed by atoms with Crippen LogP contribution in [0.15, 0.2) is 42.5 Å². The van der Waals surface area contributed by atoms with Gasteiger partial charge >= 0.3 is 0 Å². The molecular formula is C24H40. The van der Waals surface area contributed by atoms with Gasteiger partial charge in [0, 0.05) is 0 Å². The Morgan fingerprint density at radius 1 is 0.708 bits per heavy atom. The van der Waals surface area contributed by atoms with Crippen LogP contribution < -0.4 is 0 Å². The predicted octanol–water partition coefficient (Wildman–Crippen LogP) is 8.44. The second kappa shape index (κ2) is 15.5. The minimum atomic E-state index is 0.545. The van der Waals surface area contributed by atoms with Crippen molar-refractivity contribution in [2.24, 2.45) is 0 Å². The number of hydrogen-bond donors (Lipinski definition) is 0. The van der Waals surface area contributed by atoms with Gasteiger partial charge in [-0.1, -0.05) is 127 Å². The molecule has 0 nitrogen and oxygen atoms in total. The van der Waals surface area contributed by atoms with Gasteiger partial charge in [0.15, 0.2) is 0 Å². The second-order valence-corrected chi connectivity index (χ2v) is 7.31. The highest BCUT2D eigenvalue weighted by molar-refractivity contribution is 5.22. The maximum Gasteiger partial charge on any atom is -0.00104 e. The van der Waals surface area contributed by atoms with Gasteiger partial charge in [-0.3, -0.25) is 0 Å². The number of benzene rings is 1. The van der Waals surface area contributed by atoms with Gasteiger partial charge in [0.1, 0.15) is 0 Å². The van der Waals surface area contributed by atoms with Crippen molar-refractivity contribution in [2.75, 3.05) is 0 Å². The number of unbranched alkanes of at least 4 members (excludes halogenated alkanes) is 12. The van der Waals surface area contributed by atoms with Crippen molar-refractivity contribution in [1.82, 2.24) is 0 Å². The van der Waals surface area contributed by atoms with E-state index in [9.17, 15) is 0 Å². The van der Waals surface area contributed by atoms with Crippen LogP contribution in [0.25, 0.3) is 0 Å². The quantitative estimate of drug-likeness (QED) is 0.224. The molecule has 24 heavy (non-hydrogen) atoms. The van der Waals surface area contributed by atoms with E-state index >= 15 is 0 Å². The Morgan fingerprint density at radius 2 is 1.21 bits per heavy atom. The van der Waals surface area contributed by atoms with Crippen molar-refractivity contribution in [3.05, 3.63) is 48.0 Å². The fourth-order valence-corrected chi connectivity index (χ4v) is 3.27. The summed E-state index contributed by atoms with van der Waals surface area (Å²) < 4.78 is 0. The predicted molar refractivity (Wildman–Crippen MR) is 110 cm³/mol. The normalized spacial score (nSPS) is 12.8. The number of rotatable bonds is 15. The van der Waals surface area contributed by atoms with Crippen LogP contribution in [0.4, 0.5) is 0 Å². The monoisotopic (exact) mass is 328 g/mol. The van der Waals surface area contributed by atoms with Gasteiger partial charge < -0.3 is 0 Å². The average Bonchev–Trinajstić information content (AvgIpc) is 2.62. The summed E-state index contributed by atoms with van der Waals surface area (Å²) in [6.07, 6.45) is 23.2. The summed E-state index contributed by atoms with van der Waals surface area (Å²) in [6.45, 7) is 4.58. The Bertz CT molecular complexity index is 390. The van der Waals surface area contributed by atoms with Gasteiger partial charge in [0.05, 0.1) is 0 Å². The molecule has 1 atom stereocenters. The molecule has 1 rings (SSSR count). The van der Waals surface area contributed by atoms with Crippen molar-refractivity contribution in [1.29, 1.82) is 0 Å². The molecule has 0 heteroatoms. The Labute approximate surface area is 151 Å². The molecule has 0 bridgehead atoms. The lowest BCUT2D eigenvalue weighted by Gasteiger charge is -2.05. The highest BCUT2D eigenvalue weighted by Crippen LogP contribution is 2.17. The zero-order valence-electron chi connectivity index (χ0n) is 16.3. The summed E-state index contributed by atoms with van der Waals surface area (Å²) in [5, 5.41) is 0. The van der Waals surface area contributed by atoms with E-state index in [2.05, 4.69) is 56.3 Å². The fraction of sp³-hybridized carbons (Fsp3) is 0.667. The third kappa shape index (κ3) is 11.5. The van der Waals surface area contributed by atoms with Gasteiger partial charge in [0.2, 0.25) is 0 Å². The molecule has 1 aromatic carbocycles. The molecular weight excluding hydrogens is 288 g/mol. The molecule has 0 N–H and O–H groups in total. The molecule has 136 valence electrons. The van der Waals surface area contributed by atoms with Crippen LogP contribution in [-0.2, 0) is 0 Å². The molecule has 0 spiro atoms. The second-order valence-electron chi connectivity index (χ2n) is 7.31. The maximum atomic E-state index is 2.38. The molecule has 0 aliphatic rings. The first-order chi connectivity index (χ1) is 11.8. The standard InChI is InChI=1S/C24H40/c1-3-4-5-6-7-8-9-10-11-12-13-14-15-17-20-23(2)24-21-18-16-19-22-24/h16-23H,3-15H2,1-2H3. The van der Waals surface area contributed by atoms with Crippen LogP contribution in [0.2, 0.25) is 0 Å². The molecule has 0 saturated carbocycles. The number of allylic oxidation sites excluding steroid dienone is 2. The molecule has 0 aromatic heterocycles. The zero-order chi connectivity index (χ0) is 17.3. The molecule has 0 amide bonds. The van der Waals surface area contributed by atoms with E-state index < -0.39 is 0 Å². The zero-order valence-corrected chi connectivity index (χ0v) is 16.3. The first-order valence-electron chi connectivity index (χ1n) is 10.6. The van der Waals surface area contributed by atoms with Gasteiger partial charge in [-0.25, -0.2) is 0 Å². The summed E-state index contributed by atoms with van der Waals surface area (Å²) in [7, 11) is 0. The Balaban J connectivity index is 1.86. The van der Waals surface area contributed by atoms with Crippen LogP contribution in [0.3, 0.4) is 0 Å². The first-order valence-corrected chi connectivity index (χ1v) is 10.6. The van der Waals surface area contributed by atoms with Gasteiger partial charge in [0.25, 0.3) is 0 Å². The summed E-state index contributed by atoms with van der Waals surface area (Å²) in [4.78, 5) is 0. The lowest BCUT2D eigenvalue weighted by molar-refractivity contribution is 0.545. The summed E-state index contributed by atoms with van der Waals surface area (Å²) in [5.41, 5.74) is 1.42. The lowest BCUT2D eigenvalue weighted by atomic mass is 10.00. The van der Waals surface area contributed by atoms with E-state index in [1.165, 1.54) is 89.0 Å². The van der Waals surface area contributed by atoms with Gasteiger partial charge in [-0.15, -0.1) is 0 Å². The van der Waals surface area contributed by atoms with Crippen LogP contribution >= 0.6 is 0 Å². The smallest absolute Gasteiger partial charge is 0.00104 e. The summed E-state index contributed by atoms with van der Waals surface area (Å²) in [6, 6.07) is 10.8. The van der Waals surface area contributed by atoms with Crippen molar-refractivity contribution < 1.29 is 0 Å². The van der Waals surface area contributed by atoms with Crippen molar-refractivity contribution >= 4 is 0 Å². The topological polar surface area (TPSA) is 0 Å². The van der Waals surface area contributed by atoms with Crippen LogP contribution in [0.1, 0.15) is 109 Å². The first kappa shape index (κ1) is 21.0. The highest BCUT2D eigenvalue weighted by Gasteiger charge is 1.98. The van der Waals surface area contributed by atoms with Crippen molar-refractivity contribution in [2.45, 2.75) is 103 Å². The van der Waals surface area contributed by atoms with Crippen LogP contribution in [-0.4, -0.2) is 0 Å². The SMILES string of the molecule is CCCCCCCCCCCCCCC=CC(C)c1ccccc1. The minimum Gasteiger partial charge on any atom is -0.0879 e. The Kier molecular flexibility index (Phi) is 13.6. The third-order valence-electron chi connectivity index (χ3n) is 4.97. The Hall–Kier alpha value is -1.04. The van der Waals surface area contributed by atoms with E-state index in [-0.39, 0.29) is 0 Å². The van der Waals surface area contributed by atoms with E-state index in [4.69, 9.17) is 0 Å². The largest absolute Gasteiger partial charge is 0.0879 e. The van der Waals surface area contributed by atoms with E-state index in [0.717, 1.165) is 0 Å². The molecule has 0 heterocycles. The molecule has 1 unspecified atom stereocenters. The highest BCUT2D eigenvalue weighted by atomic mass is 14.0.